The number of carbonyl (C=O) groups is 2. The Morgan fingerprint density at radius 3 is 2.29 bits per heavy atom. The predicted octanol–water partition coefficient (Wildman–Crippen LogP) is 7.83. The molecule has 6 rings (SSSR count). The summed E-state index contributed by atoms with van der Waals surface area (Å²) in [6.45, 7) is 5.96. The van der Waals surface area contributed by atoms with E-state index in [4.69, 9.17) is 27.1 Å². The summed E-state index contributed by atoms with van der Waals surface area (Å²) < 4.78 is 87.6. The molecule has 0 unspecified atom stereocenters. The predicted molar refractivity (Wildman–Crippen MR) is 201 cm³/mol. The first kappa shape index (κ1) is 40.8. The molecule has 11 nitrogen and oxygen atoms in total. The molecule has 1 aromatic heterocycles. The molecular formula is C39H41ClF4N6O5S. The molecule has 0 radical (unpaired) electrons. The van der Waals surface area contributed by atoms with E-state index in [9.17, 15) is 30.8 Å². The Balaban J connectivity index is 1.41. The van der Waals surface area contributed by atoms with Gasteiger partial charge >= 0.3 is 5.97 Å². The minimum atomic E-state index is -3.48. The highest BCUT2D eigenvalue weighted by atomic mass is 35.5. The molecule has 2 N–H and O–H groups in total. The van der Waals surface area contributed by atoms with Crippen molar-refractivity contribution in [2.24, 2.45) is 21.6 Å². The zero-order valence-electron chi connectivity index (χ0n) is 31.3. The Hall–Kier alpha value is -4.83. The summed E-state index contributed by atoms with van der Waals surface area (Å²) in [5.74, 6) is -5.58. The Kier molecular flexibility index (Phi) is 10.6. The lowest BCUT2D eigenvalue weighted by atomic mass is 9.75. The van der Waals surface area contributed by atoms with Crippen molar-refractivity contribution in [3.8, 4) is 16.8 Å². The minimum Gasteiger partial charge on any atom is -0.463 e. The van der Waals surface area contributed by atoms with Gasteiger partial charge in [0.05, 0.1) is 28.1 Å². The molecule has 1 saturated carbocycles. The normalized spacial score (nSPS) is 18.9. The van der Waals surface area contributed by atoms with Gasteiger partial charge in [-0.05, 0) is 78.1 Å². The fraction of sp³-hybridized carbons (Fsp3) is 0.410. The number of esters is 1. The Labute approximate surface area is 326 Å². The molecule has 1 aliphatic carbocycles. The number of hydrogen-bond donors (Lipinski definition) is 1. The van der Waals surface area contributed by atoms with E-state index < -0.39 is 75.3 Å². The molecule has 4 aromatic rings. The number of benzene rings is 3. The van der Waals surface area contributed by atoms with Crippen LogP contribution in [0, 0.1) is 10.8 Å². The summed E-state index contributed by atoms with van der Waals surface area (Å²) in [4.78, 5) is 37.9. The van der Waals surface area contributed by atoms with Crippen LogP contribution < -0.4 is 5.73 Å². The largest absolute Gasteiger partial charge is 0.463 e. The number of carbonyl (C=O) groups excluding carboxylic acids is 2. The van der Waals surface area contributed by atoms with Crippen molar-refractivity contribution in [2.45, 2.75) is 82.2 Å². The standard InChI is InChI=1S/C39H41ClF4N6O5S/c1-36(2,3)21-39(26-12-9-23(10-13-26)24-7-6-8-27(17-24)56(5,53)54)34(52)49(35(45)48-39)30(20-55-31(51)19-38(15-16-38)37(4,43)44)25-11-14-28(40)29(18-25)50-33(32(41)42)46-22-47-50/h6-14,17-18,22,30,32H,15-16,19-21H2,1-5H3,(H2,45,48)/t30-,39-/m1/s1. The van der Waals surface area contributed by atoms with E-state index in [1.165, 1.54) is 24.3 Å². The first-order valence-electron chi connectivity index (χ1n) is 17.7. The minimum absolute atomic E-state index is 0.0105. The maximum absolute atomic E-state index is 15.1. The van der Waals surface area contributed by atoms with Crippen molar-refractivity contribution in [1.82, 2.24) is 19.7 Å². The van der Waals surface area contributed by atoms with Crippen molar-refractivity contribution in [2.75, 3.05) is 12.9 Å². The zero-order valence-corrected chi connectivity index (χ0v) is 32.8. The number of hydrogen-bond acceptors (Lipinski definition) is 9. The van der Waals surface area contributed by atoms with Gasteiger partial charge in [-0.1, -0.05) is 74.8 Å². The highest BCUT2D eigenvalue weighted by molar-refractivity contribution is 7.90. The van der Waals surface area contributed by atoms with Gasteiger partial charge in [0.25, 0.3) is 18.3 Å². The summed E-state index contributed by atoms with van der Waals surface area (Å²) >= 11 is 6.47. The number of rotatable bonds is 13. The second-order valence-corrected chi connectivity index (χ2v) is 18.1. The third-order valence-corrected chi connectivity index (χ3v) is 11.6. The number of aromatic nitrogens is 3. The van der Waals surface area contributed by atoms with E-state index in [0.29, 0.717) is 16.7 Å². The van der Waals surface area contributed by atoms with Crippen LogP contribution in [0.1, 0.15) is 82.8 Å². The molecule has 2 heterocycles. The average Bonchev–Trinajstić information content (AvgIpc) is 3.66. The van der Waals surface area contributed by atoms with Crippen molar-refractivity contribution in [3.63, 3.8) is 0 Å². The van der Waals surface area contributed by atoms with Gasteiger partial charge in [-0.25, -0.2) is 40.6 Å². The van der Waals surface area contributed by atoms with E-state index >= 15 is 4.79 Å². The number of sulfone groups is 1. The second-order valence-electron chi connectivity index (χ2n) is 15.7. The topological polar surface area (TPSA) is 150 Å². The van der Waals surface area contributed by atoms with Crippen LogP contribution in [0.25, 0.3) is 16.8 Å². The molecule has 2 atom stereocenters. The van der Waals surface area contributed by atoms with Crippen molar-refractivity contribution in [3.05, 3.63) is 95.0 Å². The monoisotopic (exact) mass is 816 g/mol. The first-order valence-corrected chi connectivity index (χ1v) is 19.9. The van der Waals surface area contributed by atoms with Crippen molar-refractivity contribution in [1.29, 1.82) is 0 Å². The quantitative estimate of drug-likeness (QED) is 0.106. The maximum Gasteiger partial charge on any atom is 0.306 e. The van der Waals surface area contributed by atoms with E-state index in [0.717, 1.165) is 29.1 Å². The molecule has 0 spiro atoms. The van der Waals surface area contributed by atoms with Crippen LogP contribution in [0.3, 0.4) is 0 Å². The molecule has 56 heavy (non-hydrogen) atoms. The highest BCUT2D eigenvalue weighted by Crippen LogP contribution is 2.59. The smallest absolute Gasteiger partial charge is 0.306 e. The van der Waals surface area contributed by atoms with Gasteiger partial charge in [0.1, 0.15) is 12.9 Å². The van der Waals surface area contributed by atoms with Gasteiger partial charge in [-0.2, -0.15) is 5.10 Å². The number of guanidine groups is 1. The summed E-state index contributed by atoms with van der Waals surface area (Å²) in [5, 5.41) is 3.93. The summed E-state index contributed by atoms with van der Waals surface area (Å²) in [5.41, 5.74) is 4.94. The van der Waals surface area contributed by atoms with Crippen LogP contribution in [-0.4, -0.2) is 64.7 Å². The number of amides is 1. The summed E-state index contributed by atoms with van der Waals surface area (Å²) in [6, 6.07) is 16.4. The molecule has 0 saturated heterocycles. The summed E-state index contributed by atoms with van der Waals surface area (Å²) in [6.07, 6.45) is -1.09. The fourth-order valence-corrected chi connectivity index (χ4v) is 8.01. The Bertz CT molecular complexity index is 2300. The number of alkyl halides is 4. The third-order valence-electron chi connectivity index (χ3n) is 10.2. The van der Waals surface area contributed by atoms with Crippen molar-refractivity contribution >= 4 is 39.3 Å². The summed E-state index contributed by atoms with van der Waals surface area (Å²) in [7, 11) is -3.48. The molecule has 1 amide bonds. The van der Waals surface area contributed by atoms with E-state index in [1.54, 1.807) is 42.5 Å². The molecular weight excluding hydrogens is 776 g/mol. The maximum atomic E-state index is 15.1. The van der Waals surface area contributed by atoms with Gasteiger partial charge in [0.15, 0.2) is 27.2 Å². The van der Waals surface area contributed by atoms with Crippen LogP contribution >= 0.6 is 11.6 Å². The first-order chi connectivity index (χ1) is 26.0. The van der Waals surface area contributed by atoms with E-state index in [-0.39, 0.29) is 46.4 Å². The molecule has 3 aromatic carbocycles. The lowest BCUT2D eigenvalue weighted by molar-refractivity contribution is -0.153. The van der Waals surface area contributed by atoms with Gasteiger partial charge < -0.3 is 10.5 Å². The van der Waals surface area contributed by atoms with Crippen molar-refractivity contribution < 1.29 is 40.3 Å². The lowest BCUT2D eigenvalue weighted by Crippen LogP contribution is -2.47. The third kappa shape index (κ3) is 8.03. The molecule has 17 heteroatoms. The lowest BCUT2D eigenvalue weighted by Gasteiger charge is -2.35. The van der Waals surface area contributed by atoms with Gasteiger partial charge in [-0.15, -0.1) is 0 Å². The Morgan fingerprint density at radius 1 is 1.02 bits per heavy atom. The van der Waals surface area contributed by atoms with Crippen LogP contribution in [0.4, 0.5) is 17.6 Å². The average molecular weight is 817 g/mol. The zero-order chi connectivity index (χ0) is 41.0. The van der Waals surface area contributed by atoms with Gasteiger partial charge in [0.2, 0.25) is 0 Å². The number of nitrogens with zero attached hydrogens (tertiary/aromatic N) is 5. The van der Waals surface area contributed by atoms with Crippen LogP contribution in [0.15, 0.2) is 82.9 Å². The highest BCUT2D eigenvalue weighted by Gasteiger charge is 2.60. The molecule has 1 fully saturated rings. The van der Waals surface area contributed by atoms with E-state index in [2.05, 4.69) is 10.1 Å². The molecule has 298 valence electrons. The van der Waals surface area contributed by atoms with Gasteiger partial charge in [0, 0.05) is 11.7 Å². The number of aliphatic imine (C=N–C) groups is 1. The SMILES string of the molecule is CC(C)(C)C[C@]1(c2ccc(-c3cccc(S(C)(=O)=O)c3)cc2)N=C(N)N([C@H](COC(=O)CC2(C(C)(F)F)CC2)c2ccc(Cl)c(-n3ncnc3C(F)F)c2)C1=O. The number of halogens is 5. The second kappa shape index (κ2) is 14.6. The van der Waals surface area contributed by atoms with Crippen LogP contribution in [0.5, 0.6) is 0 Å². The van der Waals surface area contributed by atoms with E-state index in [1.807, 2.05) is 20.8 Å². The number of nitrogens with two attached hydrogens (primary N) is 1. The van der Waals surface area contributed by atoms with Crippen LogP contribution in [-0.2, 0) is 29.7 Å². The number of ether oxygens (including phenoxy) is 1. The molecule has 0 bridgehead atoms. The molecule has 2 aliphatic rings. The van der Waals surface area contributed by atoms with Gasteiger partial charge in [-0.3, -0.25) is 14.5 Å². The van der Waals surface area contributed by atoms with Crippen LogP contribution in [0.2, 0.25) is 5.02 Å². The molecule has 1 aliphatic heterocycles. The Morgan fingerprint density at radius 2 is 1.70 bits per heavy atom. The fourth-order valence-electron chi connectivity index (χ4n) is 7.14.